The minimum Gasteiger partial charge on any atom is -0.389 e. The van der Waals surface area contributed by atoms with Crippen molar-refractivity contribution in [3.05, 3.63) is 102 Å². The molecule has 0 saturated carbocycles. The first-order valence-electron chi connectivity index (χ1n) is 12.3. The van der Waals surface area contributed by atoms with Crippen LogP contribution in [-0.4, -0.2) is 51.2 Å². The van der Waals surface area contributed by atoms with Crippen molar-refractivity contribution in [2.24, 2.45) is 0 Å². The number of aromatic nitrogens is 2. The number of carbonyl (C=O) groups excluding carboxylic acids is 1. The molecule has 0 bridgehead atoms. The number of nitrogens with zero attached hydrogens (tertiary/aromatic N) is 3. The smallest absolute Gasteiger partial charge is 0.253 e. The summed E-state index contributed by atoms with van der Waals surface area (Å²) in [5, 5.41) is 12.1. The largest absolute Gasteiger partial charge is 0.389 e. The normalized spacial score (nSPS) is 15.1. The van der Waals surface area contributed by atoms with E-state index < -0.39 is 5.60 Å². The van der Waals surface area contributed by atoms with E-state index in [4.69, 9.17) is 4.84 Å². The summed E-state index contributed by atoms with van der Waals surface area (Å²) in [7, 11) is 0. The van der Waals surface area contributed by atoms with Gasteiger partial charge in [0.1, 0.15) is 0 Å². The zero-order valence-corrected chi connectivity index (χ0v) is 20.1. The Balaban J connectivity index is 1.09. The number of anilines is 1. The molecule has 7 heteroatoms. The van der Waals surface area contributed by atoms with Gasteiger partial charge in [0.15, 0.2) is 0 Å². The van der Waals surface area contributed by atoms with Crippen LogP contribution in [-0.2, 0) is 17.7 Å². The predicted octanol–water partition coefficient (Wildman–Crippen LogP) is 4.43. The molecule has 36 heavy (non-hydrogen) atoms. The van der Waals surface area contributed by atoms with Gasteiger partial charge in [0.2, 0.25) is 0 Å². The highest BCUT2D eigenvalue weighted by atomic mass is 16.6. The van der Waals surface area contributed by atoms with Gasteiger partial charge in [0.05, 0.1) is 23.4 Å². The van der Waals surface area contributed by atoms with Crippen molar-refractivity contribution >= 4 is 22.5 Å². The van der Waals surface area contributed by atoms with E-state index in [9.17, 15) is 9.90 Å². The summed E-state index contributed by atoms with van der Waals surface area (Å²) < 4.78 is 0. The first kappa shape index (κ1) is 23.9. The minimum absolute atomic E-state index is 0.0224. The van der Waals surface area contributed by atoms with E-state index in [0.29, 0.717) is 44.5 Å². The second kappa shape index (κ2) is 10.8. The molecule has 0 atom stereocenters. The molecule has 1 saturated heterocycles. The third-order valence-electron chi connectivity index (χ3n) is 6.73. The third-order valence-corrected chi connectivity index (χ3v) is 6.73. The summed E-state index contributed by atoms with van der Waals surface area (Å²) >= 11 is 0. The van der Waals surface area contributed by atoms with Crippen LogP contribution in [0.1, 0.15) is 34.5 Å². The highest BCUT2D eigenvalue weighted by Crippen LogP contribution is 2.27. The predicted molar refractivity (Wildman–Crippen MR) is 139 cm³/mol. The van der Waals surface area contributed by atoms with Crippen molar-refractivity contribution in [2.45, 2.75) is 31.3 Å². The van der Waals surface area contributed by atoms with Crippen LogP contribution in [0.3, 0.4) is 0 Å². The van der Waals surface area contributed by atoms with Crippen molar-refractivity contribution in [1.82, 2.24) is 14.9 Å². The maximum absolute atomic E-state index is 13.0. The molecule has 0 radical (unpaired) electrons. The molecule has 5 rings (SSSR count). The number of amides is 1. The monoisotopic (exact) mass is 482 g/mol. The summed E-state index contributed by atoms with van der Waals surface area (Å²) in [5.74, 6) is -0.0224. The molecular weight excluding hydrogens is 452 g/mol. The van der Waals surface area contributed by atoms with Crippen LogP contribution in [0.5, 0.6) is 0 Å². The van der Waals surface area contributed by atoms with E-state index >= 15 is 0 Å². The topological polar surface area (TPSA) is 87.6 Å². The molecular formula is C29H30N4O3. The zero-order chi connectivity index (χ0) is 24.8. The van der Waals surface area contributed by atoms with Crippen LogP contribution in [0.15, 0.2) is 85.2 Å². The Labute approximate surface area is 210 Å². The van der Waals surface area contributed by atoms with E-state index in [0.717, 1.165) is 34.3 Å². The summed E-state index contributed by atoms with van der Waals surface area (Å²) in [6, 6.07) is 23.2. The lowest BCUT2D eigenvalue weighted by molar-refractivity contribution is -0.0168. The number of aliphatic hydroxyl groups is 1. The van der Waals surface area contributed by atoms with Crippen LogP contribution >= 0.6 is 0 Å². The summed E-state index contributed by atoms with van der Waals surface area (Å²) in [6.07, 6.45) is 5.86. The Kier molecular flexibility index (Phi) is 7.21. The number of para-hydroxylation sites is 1. The average molecular weight is 483 g/mol. The number of likely N-dealkylation sites (tertiary alicyclic amines) is 1. The van der Waals surface area contributed by atoms with E-state index in [1.54, 1.807) is 24.5 Å². The van der Waals surface area contributed by atoms with Crippen LogP contribution in [0, 0.1) is 0 Å². The van der Waals surface area contributed by atoms with Gasteiger partial charge in [-0.25, -0.2) is 0 Å². The lowest BCUT2D eigenvalue weighted by atomic mass is 9.86. The molecule has 1 fully saturated rings. The van der Waals surface area contributed by atoms with Crippen molar-refractivity contribution < 1.29 is 14.7 Å². The van der Waals surface area contributed by atoms with Gasteiger partial charge in [-0.1, -0.05) is 30.3 Å². The summed E-state index contributed by atoms with van der Waals surface area (Å²) in [4.78, 5) is 29.2. The molecule has 4 aromatic rings. The molecule has 2 aromatic heterocycles. The molecule has 0 unspecified atom stereocenters. The van der Waals surface area contributed by atoms with Crippen molar-refractivity contribution in [3.8, 4) is 0 Å². The van der Waals surface area contributed by atoms with Gasteiger partial charge in [-0.2, -0.15) is 0 Å². The standard InChI is InChI=1S/C29H30N4O3/c34-28(33-18-14-29(35,15-19-33)21-26-8-1-2-16-30-26)24-9-11-25(12-10-24)32-36-20-13-23-6-3-5-22-7-4-17-31-27(22)23/h1-12,16-17,32,35H,13-15,18-21H2. The fraction of sp³-hybridized carbons (Fsp3) is 0.276. The van der Waals surface area contributed by atoms with E-state index in [2.05, 4.69) is 33.6 Å². The number of carbonyl (C=O) groups is 1. The molecule has 2 N–H and O–H groups in total. The summed E-state index contributed by atoms with van der Waals surface area (Å²) in [5.41, 5.74) is 6.56. The average Bonchev–Trinajstić information content (AvgIpc) is 2.92. The number of rotatable bonds is 8. The number of piperidine rings is 1. The van der Waals surface area contributed by atoms with E-state index in [1.807, 2.05) is 47.4 Å². The fourth-order valence-corrected chi connectivity index (χ4v) is 4.67. The quantitative estimate of drug-likeness (QED) is 0.285. The molecule has 3 heterocycles. The number of nitrogens with one attached hydrogen (secondary N) is 1. The Hall–Kier alpha value is -3.81. The van der Waals surface area contributed by atoms with Crippen LogP contribution in [0.4, 0.5) is 5.69 Å². The number of hydrogen-bond donors (Lipinski definition) is 2. The highest BCUT2D eigenvalue weighted by Gasteiger charge is 2.34. The molecule has 1 amide bonds. The van der Waals surface area contributed by atoms with E-state index in [-0.39, 0.29) is 5.91 Å². The van der Waals surface area contributed by atoms with Gasteiger partial charge in [-0.3, -0.25) is 25.1 Å². The maximum atomic E-state index is 13.0. The zero-order valence-electron chi connectivity index (χ0n) is 20.1. The van der Waals surface area contributed by atoms with Gasteiger partial charge in [0, 0.05) is 55.0 Å². The molecule has 0 spiro atoms. The number of fused-ring (bicyclic) bond motifs is 1. The Morgan fingerprint density at radius 2 is 1.72 bits per heavy atom. The molecule has 1 aliphatic rings. The van der Waals surface area contributed by atoms with E-state index in [1.165, 1.54) is 0 Å². The molecule has 184 valence electrons. The lowest BCUT2D eigenvalue weighted by Crippen LogP contribution is -2.47. The van der Waals surface area contributed by atoms with Gasteiger partial charge in [0.25, 0.3) is 5.91 Å². The van der Waals surface area contributed by atoms with Crippen molar-refractivity contribution in [1.29, 1.82) is 0 Å². The molecule has 0 aliphatic carbocycles. The lowest BCUT2D eigenvalue weighted by Gasteiger charge is -2.38. The molecule has 2 aromatic carbocycles. The van der Waals surface area contributed by atoms with Crippen LogP contribution < -0.4 is 5.48 Å². The summed E-state index contributed by atoms with van der Waals surface area (Å²) in [6.45, 7) is 1.54. The van der Waals surface area contributed by atoms with Gasteiger partial charge in [-0.15, -0.1) is 0 Å². The van der Waals surface area contributed by atoms with Gasteiger partial charge < -0.3 is 10.0 Å². The first-order valence-corrected chi connectivity index (χ1v) is 12.3. The second-order valence-corrected chi connectivity index (χ2v) is 9.28. The first-order chi connectivity index (χ1) is 17.6. The van der Waals surface area contributed by atoms with Crippen LogP contribution in [0.25, 0.3) is 10.9 Å². The number of hydrogen-bond acceptors (Lipinski definition) is 6. The van der Waals surface area contributed by atoms with Crippen molar-refractivity contribution in [2.75, 3.05) is 25.2 Å². The van der Waals surface area contributed by atoms with Gasteiger partial charge in [-0.05, 0) is 60.9 Å². The SMILES string of the molecule is O=C(c1ccc(NOCCc2cccc3cccnc23)cc1)N1CCC(O)(Cc2ccccn2)CC1. The molecule has 7 nitrogen and oxygen atoms in total. The number of benzene rings is 2. The Morgan fingerprint density at radius 1 is 0.944 bits per heavy atom. The second-order valence-electron chi connectivity index (χ2n) is 9.28. The van der Waals surface area contributed by atoms with Gasteiger partial charge >= 0.3 is 0 Å². The van der Waals surface area contributed by atoms with Crippen molar-refractivity contribution in [3.63, 3.8) is 0 Å². The highest BCUT2D eigenvalue weighted by molar-refractivity contribution is 5.94. The Bertz CT molecular complexity index is 1300. The maximum Gasteiger partial charge on any atom is 0.253 e. The third kappa shape index (κ3) is 5.70. The number of pyridine rings is 2. The molecule has 1 aliphatic heterocycles. The minimum atomic E-state index is -0.821. The Morgan fingerprint density at radius 3 is 2.50 bits per heavy atom. The fourth-order valence-electron chi connectivity index (χ4n) is 4.67. The van der Waals surface area contributed by atoms with Crippen LogP contribution in [0.2, 0.25) is 0 Å².